The second kappa shape index (κ2) is 6.59. The van der Waals surface area contributed by atoms with E-state index >= 15 is 0 Å². The van der Waals surface area contributed by atoms with E-state index in [4.69, 9.17) is 10.5 Å². The summed E-state index contributed by atoms with van der Waals surface area (Å²) in [6.07, 6.45) is 1.44. The molecule has 0 radical (unpaired) electrons. The minimum absolute atomic E-state index is 0.0275. The molecule has 0 fully saturated rings. The topological polar surface area (TPSA) is 127 Å². The number of carbonyl (C=O) groups is 1. The van der Waals surface area contributed by atoms with E-state index in [0.717, 1.165) is 0 Å². The number of benzene rings is 2. The molecule has 0 aliphatic carbocycles. The monoisotopic (exact) mass is 397 g/mol. The van der Waals surface area contributed by atoms with Gasteiger partial charge in [0.2, 0.25) is 5.96 Å². The summed E-state index contributed by atoms with van der Waals surface area (Å²) in [6.45, 7) is 0. The van der Waals surface area contributed by atoms with Gasteiger partial charge in [-0.15, -0.1) is 4.83 Å². The quantitative estimate of drug-likeness (QED) is 0.675. The van der Waals surface area contributed by atoms with E-state index in [-0.39, 0.29) is 16.4 Å². The number of nitrogens with zero attached hydrogens (tertiary/aromatic N) is 3. The molecule has 1 amide bonds. The van der Waals surface area contributed by atoms with E-state index in [1.807, 2.05) is 0 Å². The van der Waals surface area contributed by atoms with Crippen molar-refractivity contribution in [3.8, 4) is 5.75 Å². The lowest BCUT2D eigenvalue weighted by Crippen LogP contribution is -2.53. The van der Waals surface area contributed by atoms with Gasteiger partial charge in [0, 0.05) is 11.6 Å². The van der Waals surface area contributed by atoms with Crippen molar-refractivity contribution in [2.75, 3.05) is 7.11 Å². The summed E-state index contributed by atoms with van der Waals surface area (Å²) >= 11 is 0. The first-order chi connectivity index (χ1) is 13.4. The van der Waals surface area contributed by atoms with Crippen molar-refractivity contribution in [2.24, 2.45) is 10.7 Å². The van der Waals surface area contributed by atoms with Gasteiger partial charge in [-0.1, -0.05) is 18.2 Å². The van der Waals surface area contributed by atoms with Crippen molar-refractivity contribution in [3.63, 3.8) is 0 Å². The smallest absolute Gasteiger partial charge is 0.276 e. The van der Waals surface area contributed by atoms with Gasteiger partial charge in [0.15, 0.2) is 0 Å². The summed E-state index contributed by atoms with van der Waals surface area (Å²) in [7, 11) is -2.53. The summed E-state index contributed by atoms with van der Waals surface area (Å²) in [5.41, 5.74) is 6.91. The Kier molecular flexibility index (Phi) is 4.21. The van der Waals surface area contributed by atoms with Gasteiger partial charge in [-0.3, -0.25) is 9.78 Å². The van der Waals surface area contributed by atoms with E-state index in [0.29, 0.717) is 27.3 Å². The number of nitrogens with two attached hydrogens (primary N) is 1. The minimum atomic E-state index is -4.03. The fourth-order valence-electron chi connectivity index (χ4n) is 2.89. The largest absolute Gasteiger partial charge is 0.494 e. The highest BCUT2D eigenvalue weighted by molar-refractivity contribution is 7.89. The number of aromatic nitrogens is 1. The molecule has 2 aromatic carbocycles. The first-order valence-electron chi connectivity index (χ1n) is 8.13. The fraction of sp³-hybridized carbons (Fsp3) is 0.0556. The fourth-order valence-corrected chi connectivity index (χ4v) is 3.94. The molecule has 0 spiro atoms. The number of guanidine groups is 1. The molecular weight excluding hydrogens is 382 g/mol. The number of para-hydroxylation sites is 1. The van der Waals surface area contributed by atoms with Gasteiger partial charge >= 0.3 is 0 Å². The van der Waals surface area contributed by atoms with Crippen LogP contribution in [0.15, 0.2) is 64.6 Å². The summed E-state index contributed by atoms with van der Waals surface area (Å²) in [4.78, 5) is 23.7. The molecule has 9 nitrogen and oxygen atoms in total. The number of fused-ring (bicyclic) bond motifs is 3. The molecular formula is C18H15N5O4S. The molecule has 1 aliphatic rings. The Labute approximate surface area is 160 Å². The lowest BCUT2D eigenvalue weighted by molar-refractivity contribution is 0.0825. The van der Waals surface area contributed by atoms with Crippen LogP contribution < -0.4 is 15.3 Å². The number of hydrazine groups is 1. The SMILES string of the molecule is COc1cccc2c(C(=O)N3NS(=O)(=O)c4cccc(c4)N=C3N)ccnc12. The van der Waals surface area contributed by atoms with Crippen molar-refractivity contribution in [2.45, 2.75) is 4.90 Å². The third kappa shape index (κ3) is 2.94. The Morgan fingerprint density at radius 1 is 1.18 bits per heavy atom. The molecule has 28 heavy (non-hydrogen) atoms. The highest BCUT2D eigenvalue weighted by atomic mass is 32.2. The van der Waals surface area contributed by atoms with E-state index < -0.39 is 15.9 Å². The van der Waals surface area contributed by atoms with E-state index in [1.54, 1.807) is 30.3 Å². The summed E-state index contributed by atoms with van der Waals surface area (Å²) < 4.78 is 30.5. The van der Waals surface area contributed by atoms with Crippen molar-refractivity contribution in [3.05, 3.63) is 60.3 Å². The summed E-state index contributed by atoms with van der Waals surface area (Å²) in [5.74, 6) is -0.522. The van der Waals surface area contributed by atoms with Crippen LogP contribution in [0.1, 0.15) is 10.4 Å². The average Bonchev–Trinajstić information content (AvgIpc) is 2.70. The lowest BCUT2D eigenvalue weighted by Gasteiger charge is -2.24. The number of ether oxygens (including phenoxy) is 1. The first kappa shape index (κ1) is 17.9. The van der Waals surface area contributed by atoms with Crippen molar-refractivity contribution < 1.29 is 17.9 Å². The van der Waals surface area contributed by atoms with Gasteiger partial charge in [-0.25, -0.2) is 13.4 Å². The zero-order valence-electron chi connectivity index (χ0n) is 14.7. The Morgan fingerprint density at radius 2 is 1.96 bits per heavy atom. The van der Waals surface area contributed by atoms with Crippen LogP contribution in [-0.2, 0) is 10.0 Å². The second-order valence-corrected chi connectivity index (χ2v) is 7.58. The molecule has 4 rings (SSSR count). The number of hydrogen-bond donors (Lipinski definition) is 2. The highest BCUT2D eigenvalue weighted by Gasteiger charge is 2.29. The average molecular weight is 397 g/mol. The van der Waals surface area contributed by atoms with Gasteiger partial charge in [0.1, 0.15) is 11.3 Å². The van der Waals surface area contributed by atoms with Crippen LogP contribution in [0.4, 0.5) is 5.69 Å². The van der Waals surface area contributed by atoms with Crippen molar-refractivity contribution in [1.82, 2.24) is 14.8 Å². The van der Waals surface area contributed by atoms with Gasteiger partial charge in [0.25, 0.3) is 15.9 Å². The summed E-state index contributed by atoms with van der Waals surface area (Å²) in [6, 6.07) is 12.5. The lowest BCUT2D eigenvalue weighted by atomic mass is 10.1. The molecule has 0 unspecified atom stereocenters. The molecule has 2 heterocycles. The van der Waals surface area contributed by atoms with Crippen LogP contribution >= 0.6 is 0 Å². The van der Waals surface area contributed by atoms with Crippen LogP contribution in [0.25, 0.3) is 10.9 Å². The van der Waals surface area contributed by atoms with Crippen molar-refractivity contribution in [1.29, 1.82) is 0 Å². The molecule has 0 saturated heterocycles. The van der Waals surface area contributed by atoms with Crippen molar-refractivity contribution >= 4 is 38.5 Å². The van der Waals surface area contributed by atoms with Gasteiger partial charge in [0.05, 0.1) is 23.3 Å². The Bertz CT molecular complexity index is 1240. The highest BCUT2D eigenvalue weighted by Crippen LogP contribution is 2.27. The standard InChI is InChI=1S/C18H15N5O4S/c1-27-15-7-3-6-13-14(8-9-20-16(13)15)17(24)23-18(19)21-11-4-2-5-12(10-11)28(25,26)22-23/h2-10,22H,1H3,(H2,19,21). The first-order valence-corrected chi connectivity index (χ1v) is 9.62. The molecule has 1 aliphatic heterocycles. The number of aliphatic imine (C=N–C) groups is 1. The molecule has 2 bridgehead atoms. The predicted octanol–water partition coefficient (Wildman–Crippen LogP) is 1.54. The molecule has 142 valence electrons. The number of rotatable bonds is 2. The number of hydrogen-bond acceptors (Lipinski definition) is 7. The Morgan fingerprint density at radius 3 is 2.75 bits per heavy atom. The number of methoxy groups -OCH3 is 1. The maximum Gasteiger partial charge on any atom is 0.276 e. The van der Waals surface area contributed by atoms with Crippen LogP contribution in [0.3, 0.4) is 0 Å². The third-order valence-electron chi connectivity index (χ3n) is 4.20. The maximum atomic E-state index is 13.2. The number of amides is 1. The molecule has 3 N–H and O–H groups in total. The van der Waals surface area contributed by atoms with Gasteiger partial charge in [-0.05, 0) is 30.3 Å². The number of sulfonamides is 1. The van der Waals surface area contributed by atoms with Gasteiger partial charge in [-0.2, -0.15) is 5.01 Å². The minimum Gasteiger partial charge on any atom is -0.494 e. The molecule has 3 aromatic rings. The molecule has 10 heteroatoms. The molecule has 0 saturated carbocycles. The Hall–Kier alpha value is -3.50. The van der Waals surface area contributed by atoms with E-state index in [9.17, 15) is 13.2 Å². The van der Waals surface area contributed by atoms with Crippen LogP contribution in [0.2, 0.25) is 0 Å². The van der Waals surface area contributed by atoms with Crippen LogP contribution in [-0.4, -0.2) is 37.4 Å². The number of nitrogens with one attached hydrogen (secondary N) is 1. The normalized spacial score (nSPS) is 15.5. The number of pyridine rings is 1. The summed E-state index contributed by atoms with van der Waals surface area (Å²) in [5, 5.41) is 1.20. The maximum absolute atomic E-state index is 13.2. The zero-order chi connectivity index (χ0) is 19.9. The molecule has 0 atom stereocenters. The number of carbonyl (C=O) groups excluding carboxylic acids is 1. The molecule has 1 aromatic heterocycles. The van der Waals surface area contributed by atoms with Crippen LogP contribution in [0, 0.1) is 0 Å². The Balaban J connectivity index is 1.86. The predicted molar refractivity (Wildman–Crippen MR) is 103 cm³/mol. The van der Waals surface area contributed by atoms with Gasteiger partial charge < -0.3 is 10.5 Å². The third-order valence-corrected chi connectivity index (χ3v) is 5.50. The van der Waals surface area contributed by atoms with Crippen LogP contribution in [0.5, 0.6) is 5.75 Å². The second-order valence-electron chi connectivity index (χ2n) is 5.92. The zero-order valence-corrected chi connectivity index (χ0v) is 15.5. The van der Waals surface area contributed by atoms with E-state index in [1.165, 1.54) is 31.5 Å². The van der Waals surface area contributed by atoms with E-state index in [2.05, 4.69) is 14.8 Å².